The number of hydrogen-bond acceptors (Lipinski definition) is 5. The Kier molecular flexibility index (Phi) is 5.99. The fraction of sp³-hybridized carbons (Fsp3) is 0.526. The lowest BCUT2D eigenvalue weighted by molar-refractivity contribution is 0.517. The smallest absolute Gasteiger partial charge is 0.196 e. The molecule has 0 saturated heterocycles. The number of nitrogens with one attached hydrogen (secondary N) is 1. The number of aryl methyl sites for hydroxylation is 2. The minimum absolute atomic E-state index is 0.0443. The molecule has 0 spiro atoms. The molecule has 0 amide bonds. The van der Waals surface area contributed by atoms with Gasteiger partial charge in [-0.15, -0.1) is 17.4 Å². The minimum atomic E-state index is -1.23. The molecule has 0 aliphatic carbocycles. The van der Waals surface area contributed by atoms with E-state index in [-0.39, 0.29) is 16.2 Å². The van der Waals surface area contributed by atoms with E-state index in [1.807, 2.05) is 47.6 Å². The predicted octanol–water partition coefficient (Wildman–Crippen LogP) is 4.37. The molecule has 0 aliphatic rings. The number of benzene rings is 1. The lowest BCUT2D eigenvalue weighted by Crippen LogP contribution is -2.40. The van der Waals surface area contributed by atoms with Crippen LogP contribution >= 0.6 is 12.6 Å². The van der Waals surface area contributed by atoms with Gasteiger partial charge in [0.25, 0.3) is 0 Å². The summed E-state index contributed by atoms with van der Waals surface area (Å²) in [7, 11) is 0. The average Bonchev–Trinajstić information content (AvgIpc) is 2.52. The average molecular weight is 382 g/mol. The van der Waals surface area contributed by atoms with E-state index >= 15 is 0 Å². The highest BCUT2D eigenvalue weighted by Crippen LogP contribution is 2.32. The van der Waals surface area contributed by atoms with Gasteiger partial charge in [0, 0.05) is 33.8 Å². The summed E-state index contributed by atoms with van der Waals surface area (Å²) in [5.74, 6) is 0.680. The zero-order valence-electron chi connectivity index (χ0n) is 15.9. The third-order valence-electron chi connectivity index (χ3n) is 4.31. The molecule has 1 heterocycles. The standard InChI is InChI=1S/C19H27NO3S2/c1-8-14-11(3)16(21)15-17(23-14)13(9-10(2)18(15)24)12(4)20-25(22)19(5,6)7/h9,12,20,24H,8H2,1-7H3/t12-,25?/m1/s1. The van der Waals surface area contributed by atoms with Crippen LogP contribution in [0.25, 0.3) is 11.0 Å². The fourth-order valence-corrected chi connectivity index (χ4v) is 3.78. The Morgan fingerprint density at radius 2 is 1.96 bits per heavy atom. The Bertz CT molecular complexity index is 853. The first-order valence-corrected chi connectivity index (χ1v) is 10.1. The summed E-state index contributed by atoms with van der Waals surface area (Å²) < 4.78 is 21.3. The Morgan fingerprint density at radius 1 is 1.36 bits per heavy atom. The molecule has 1 aromatic carbocycles. The lowest BCUT2D eigenvalue weighted by Gasteiger charge is -2.27. The maximum absolute atomic E-state index is 12.8. The third kappa shape index (κ3) is 3.92. The molecule has 2 aromatic rings. The van der Waals surface area contributed by atoms with Crippen LogP contribution in [0.15, 0.2) is 20.2 Å². The lowest BCUT2D eigenvalue weighted by atomic mass is 10.00. The maximum atomic E-state index is 12.8. The summed E-state index contributed by atoms with van der Waals surface area (Å²) in [4.78, 5) is 13.5. The zero-order valence-corrected chi connectivity index (χ0v) is 17.7. The maximum Gasteiger partial charge on any atom is 0.196 e. The second kappa shape index (κ2) is 7.35. The third-order valence-corrected chi connectivity index (χ3v) is 6.57. The van der Waals surface area contributed by atoms with Crippen LogP contribution in [-0.2, 0) is 17.8 Å². The molecule has 2 atom stereocenters. The predicted molar refractivity (Wildman–Crippen MR) is 108 cm³/mol. The zero-order chi connectivity index (χ0) is 19.1. The summed E-state index contributed by atoms with van der Waals surface area (Å²) in [5, 5.41) is 0.503. The molecule has 6 heteroatoms. The first kappa shape index (κ1) is 20.4. The van der Waals surface area contributed by atoms with Crippen LogP contribution in [-0.4, -0.2) is 9.30 Å². The molecule has 0 aliphatic heterocycles. The van der Waals surface area contributed by atoms with Gasteiger partial charge in [0.1, 0.15) is 16.1 Å². The van der Waals surface area contributed by atoms with Crippen LogP contribution in [0.4, 0.5) is 0 Å². The summed E-state index contributed by atoms with van der Waals surface area (Å²) in [6.07, 6.45) is 0.641. The Hall–Kier alpha value is -0.950. The largest absolute Gasteiger partial charge is 0.598 e. The van der Waals surface area contributed by atoms with Crippen molar-refractivity contribution in [2.75, 3.05) is 0 Å². The summed E-state index contributed by atoms with van der Waals surface area (Å²) in [6, 6.07) is 1.73. The van der Waals surface area contributed by atoms with Gasteiger partial charge in [-0.2, -0.15) is 0 Å². The summed E-state index contributed by atoms with van der Waals surface area (Å²) in [6.45, 7) is 13.4. The van der Waals surface area contributed by atoms with Crippen LogP contribution < -0.4 is 10.2 Å². The second-order valence-electron chi connectivity index (χ2n) is 7.39. The molecule has 1 N–H and O–H groups in total. The van der Waals surface area contributed by atoms with Crippen molar-refractivity contribution in [2.45, 2.75) is 70.6 Å². The Balaban J connectivity index is 2.70. The van der Waals surface area contributed by atoms with E-state index in [1.165, 1.54) is 0 Å². The van der Waals surface area contributed by atoms with Gasteiger partial charge in [0.2, 0.25) is 0 Å². The van der Waals surface area contributed by atoms with E-state index in [1.54, 1.807) is 6.92 Å². The number of fused-ring (bicyclic) bond motifs is 1. The van der Waals surface area contributed by atoms with E-state index in [0.717, 1.165) is 11.1 Å². The molecule has 0 fully saturated rings. The van der Waals surface area contributed by atoms with Gasteiger partial charge in [0.15, 0.2) is 5.43 Å². The normalized spacial score (nSPS) is 14.8. The van der Waals surface area contributed by atoms with Gasteiger partial charge < -0.3 is 8.97 Å². The second-order valence-corrected chi connectivity index (χ2v) is 9.83. The van der Waals surface area contributed by atoms with Gasteiger partial charge >= 0.3 is 0 Å². The van der Waals surface area contributed by atoms with Crippen LogP contribution in [0.2, 0.25) is 0 Å². The van der Waals surface area contributed by atoms with Crippen LogP contribution in [0.5, 0.6) is 0 Å². The van der Waals surface area contributed by atoms with Gasteiger partial charge in [0.05, 0.1) is 11.4 Å². The summed E-state index contributed by atoms with van der Waals surface area (Å²) >= 11 is 3.31. The molecule has 0 bridgehead atoms. The van der Waals surface area contributed by atoms with E-state index in [9.17, 15) is 9.35 Å². The number of thiol groups is 1. The van der Waals surface area contributed by atoms with Crippen LogP contribution in [0, 0.1) is 13.8 Å². The molecule has 138 valence electrons. The first-order chi connectivity index (χ1) is 11.5. The SMILES string of the molecule is CCc1oc2c([C@@H](C)N[S+]([O-])C(C)(C)C)cc(C)c(S)c2c(=O)c1C. The molecule has 1 aromatic heterocycles. The van der Waals surface area contributed by atoms with Crippen molar-refractivity contribution in [1.29, 1.82) is 0 Å². The van der Waals surface area contributed by atoms with Crippen molar-refractivity contribution >= 4 is 35.0 Å². The molecule has 4 nitrogen and oxygen atoms in total. The molecular weight excluding hydrogens is 354 g/mol. The van der Waals surface area contributed by atoms with Crippen molar-refractivity contribution in [3.8, 4) is 0 Å². The quantitative estimate of drug-likeness (QED) is 0.609. The highest BCUT2D eigenvalue weighted by atomic mass is 32.2. The highest BCUT2D eigenvalue weighted by Gasteiger charge is 2.30. The van der Waals surface area contributed by atoms with Crippen LogP contribution in [0.3, 0.4) is 0 Å². The van der Waals surface area contributed by atoms with Gasteiger partial charge in [-0.05, 0) is 53.2 Å². The van der Waals surface area contributed by atoms with Crippen molar-refractivity contribution in [2.24, 2.45) is 0 Å². The summed E-state index contributed by atoms with van der Waals surface area (Å²) in [5.41, 5.74) is 2.85. The number of rotatable bonds is 4. The van der Waals surface area contributed by atoms with Gasteiger partial charge in [-0.3, -0.25) is 4.79 Å². The molecule has 25 heavy (non-hydrogen) atoms. The first-order valence-electron chi connectivity index (χ1n) is 8.45. The highest BCUT2D eigenvalue weighted by molar-refractivity contribution is 7.90. The Morgan fingerprint density at radius 3 is 2.48 bits per heavy atom. The topological polar surface area (TPSA) is 65.3 Å². The van der Waals surface area contributed by atoms with E-state index in [0.29, 0.717) is 33.6 Å². The molecule has 0 radical (unpaired) electrons. The fourth-order valence-electron chi connectivity index (χ4n) is 2.71. The van der Waals surface area contributed by atoms with Crippen molar-refractivity contribution < 1.29 is 8.97 Å². The minimum Gasteiger partial charge on any atom is -0.598 e. The monoisotopic (exact) mass is 381 g/mol. The van der Waals surface area contributed by atoms with Crippen molar-refractivity contribution in [3.63, 3.8) is 0 Å². The molecule has 0 saturated carbocycles. The molecular formula is C19H27NO3S2. The van der Waals surface area contributed by atoms with Gasteiger partial charge in [-0.1, -0.05) is 6.92 Å². The molecule has 2 rings (SSSR count). The van der Waals surface area contributed by atoms with Crippen LogP contribution in [0.1, 0.15) is 63.1 Å². The van der Waals surface area contributed by atoms with Crippen molar-refractivity contribution in [1.82, 2.24) is 4.72 Å². The van der Waals surface area contributed by atoms with Gasteiger partial charge in [-0.25, -0.2) is 0 Å². The van der Waals surface area contributed by atoms with E-state index in [4.69, 9.17) is 4.42 Å². The van der Waals surface area contributed by atoms with E-state index < -0.39 is 11.4 Å². The van der Waals surface area contributed by atoms with Crippen molar-refractivity contribution in [3.05, 3.63) is 38.7 Å². The molecule has 1 unspecified atom stereocenters. The van der Waals surface area contributed by atoms with E-state index in [2.05, 4.69) is 17.4 Å². The Labute approximate surface area is 158 Å². The number of hydrogen-bond donors (Lipinski definition) is 2.